The molecule has 21 heavy (non-hydrogen) atoms. The summed E-state index contributed by atoms with van der Waals surface area (Å²) in [5.41, 5.74) is 0.489. The van der Waals surface area contributed by atoms with Gasteiger partial charge in [0.2, 0.25) is 0 Å². The fraction of sp³-hybridized carbons (Fsp3) is 0.286. The Bertz CT molecular complexity index is 606. The molecule has 0 spiro atoms. The quantitative estimate of drug-likeness (QED) is 0.811. The van der Waals surface area contributed by atoms with Crippen molar-refractivity contribution in [3.63, 3.8) is 0 Å². The number of carbonyl (C=O) groups is 2. The summed E-state index contributed by atoms with van der Waals surface area (Å²) in [6.45, 7) is 0.537. The Hall–Kier alpha value is -2.12. The molecule has 112 valence electrons. The monoisotopic (exact) mass is 308 g/mol. The number of hydrogen-bond donors (Lipinski definition) is 2. The molecule has 0 aliphatic rings. The van der Waals surface area contributed by atoms with Gasteiger partial charge in [0.15, 0.2) is 6.10 Å². The van der Waals surface area contributed by atoms with E-state index in [2.05, 4.69) is 5.32 Å². The maximum Gasteiger partial charge on any atom is 0.334 e. The Balaban J connectivity index is 2.00. The lowest BCUT2D eigenvalue weighted by Gasteiger charge is -2.12. The van der Waals surface area contributed by atoms with Gasteiger partial charge in [-0.05, 0) is 23.6 Å². The first-order valence-corrected chi connectivity index (χ1v) is 7.21. The molecule has 1 unspecified atom stereocenters. The summed E-state index contributed by atoms with van der Waals surface area (Å²) in [7, 11) is 1.30. The average molecular weight is 308 g/mol. The Labute approximate surface area is 126 Å². The van der Waals surface area contributed by atoms with Crippen LogP contribution in [0.2, 0.25) is 0 Å². The van der Waals surface area contributed by atoms with Crippen molar-refractivity contribution in [2.45, 2.75) is 12.6 Å². The molecule has 1 amide bonds. The van der Waals surface area contributed by atoms with Crippen LogP contribution >= 0.6 is 11.3 Å². The third kappa shape index (κ3) is 3.93. The molecule has 0 aliphatic carbocycles. The minimum atomic E-state index is -1.10. The minimum absolute atomic E-state index is 0.0746. The van der Waals surface area contributed by atoms with Gasteiger partial charge in [0, 0.05) is 18.2 Å². The molecule has 2 aromatic rings. The molecule has 2 rings (SSSR count). The Morgan fingerprint density at radius 3 is 2.86 bits per heavy atom. The number of ether oxygens (including phenoxy) is 1. The van der Waals surface area contributed by atoms with E-state index in [1.165, 1.54) is 7.11 Å². The van der Waals surface area contributed by atoms with Gasteiger partial charge in [-0.1, -0.05) is 6.07 Å². The van der Waals surface area contributed by atoms with E-state index in [-0.39, 0.29) is 12.5 Å². The molecule has 0 saturated carbocycles. The van der Waals surface area contributed by atoms with Gasteiger partial charge < -0.3 is 19.7 Å². The van der Waals surface area contributed by atoms with Crippen LogP contribution < -0.4 is 5.32 Å². The molecule has 6 nitrogen and oxygen atoms in total. The lowest BCUT2D eigenvalue weighted by atomic mass is 10.3. The number of carboxylic acids is 1. The van der Waals surface area contributed by atoms with Crippen molar-refractivity contribution in [3.8, 4) is 0 Å². The van der Waals surface area contributed by atoms with Crippen LogP contribution in [0.4, 0.5) is 0 Å². The minimum Gasteiger partial charge on any atom is -0.479 e. The third-order valence-electron chi connectivity index (χ3n) is 2.98. The topological polar surface area (TPSA) is 80.6 Å². The van der Waals surface area contributed by atoms with Crippen LogP contribution in [0, 0.1) is 0 Å². The summed E-state index contributed by atoms with van der Waals surface area (Å²) in [5, 5.41) is 13.4. The average Bonchev–Trinajstić information content (AvgIpc) is 3.11. The number of aliphatic carboxylic acids is 1. The van der Waals surface area contributed by atoms with Crippen molar-refractivity contribution in [2.24, 2.45) is 0 Å². The summed E-state index contributed by atoms with van der Waals surface area (Å²) in [6, 6.07) is 7.44. The van der Waals surface area contributed by atoms with Gasteiger partial charge in [-0.2, -0.15) is 0 Å². The van der Waals surface area contributed by atoms with Crippen LogP contribution in [-0.4, -0.2) is 41.3 Å². The fourth-order valence-corrected chi connectivity index (χ4v) is 2.58. The number of thiophene rings is 1. The van der Waals surface area contributed by atoms with Gasteiger partial charge in [0.25, 0.3) is 5.91 Å². The van der Waals surface area contributed by atoms with Crippen LogP contribution in [0.25, 0.3) is 0 Å². The second-order valence-electron chi connectivity index (χ2n) is 4.37. The number of aromatic nitrogens is 1. The zero-order valence-electron chi connectivity index (χ0n) is 11.5. The lowest BCUT2D eigenvalue weighted by molar-refractivity contribution is -0.148. The smallest absolute Gasteiger partial charge is 0.334 e. The van der Waals surface area contributed by atoms with Crippen molar-refractivity contribution in [1.82, 2.24) is 9.88 Å². The van der Waals surface area contributed by atoms with Crippen molar-refractivity contribution in [1.29, 1.82) is 0 Å². The number of rotatable bonds is 7. The molecule has 7 heteroatoms. The molecule has 0 saturated heterocycles. The highest BCUT2D eigenvalue weighted by Gasteiger charge is 2.18. The number of methoxy groups -OCH3 is 1. The van der Waals surface area contributed by atoms with E-state index in [1.54, 1.807) is 23.5 Å². The van der Waals surface area contributed by atoms with E-state index in [9.17, 15) is 9.59 Å². The van der Waals surface area contributed by atoms with Crippen molar-refractivity contribution in [3.05, 3.63) is 46.4 Å². The normalized spacial score (nSPS) is 12.0. The first-order valence-electron chi connectivity index (χ1n) is 6.33. The number of nitrogens with zero attached hydrogens (tertiary/aromatic N) is 1. The van der Waals surface area contributed by atoms with Crippen LogP contribution in [0.1, 0.15) is 15.4 Å². The first-order chi connectivity index (χ1) is 10.1. The van der Waals surface area contributed by atoms with E-state index in [4.69, 9.17) is 9.84 Å². The predicted molar refractivity (Wildman–Crippen MR) is 78.6 cm³/mol. The molecule has 2 aromatic heterocycles. The lowest BCUT2D eigenvalue weighted by Crippen LogP contribution is -2.38. The number of nitrogens with one attached hydrogen (secondary N) is 1. The Morgan fingerprint density at radius 2 is 2.24 bits per heavy atom. The standard InChI is InChI=1S/C14H16N2O4S/c1-20-12(14(18)19)8-15-13(17)11-5-2-6-16(11)9-10-4-3-7-21-10/h2-7,12H,8-9H2,1H3,(H,15,17)(H,18,19). The van der Waals surface area contributed by atoms with Gasteiger partial charge in [-0.25, -0.2) is 4.79 Å². The first kappa shape index (κ1) is 15.3. The summed E-state index contributed by atoms with van der Waals surface area (Å²) in [6.07, 6.45) is 0.772. The van der Waals surface area contributed by atoms with Gasteiger partial charge >= 0.3 is 5.97 Å². The Morgan fingerprint density at radius 1 is 1.43 bits per heavy atom. The summed E-state index contributed by atoms with van der Waals surface area (Å²) in [5.74, 6) is -1.42. The Kier molecular flexibility index (Phi) is 5.13. The molecular weight excluding hydrogens is 292 g/mol. The fourth-order valence-electron chi connectivity index (χ4n) is 1.88. The second-order valence-corrected chi connectivity index (χ2v) is 5.41. The zero-order valence-corrected chi connectivity index (χ0v) is 12.3. The molecule has 1 atom stereocenters. The summed E-state index contributed by atoms with van der Waals surface area (Å²) in [4.78, 5) is 24.1. The molecule has 2 N–H and O–H groups in total. The van der Waals surface area contributed by atoms with Crippen molar-refractivity contribution >= 4 is 23.2 Å². The van der Waals surface area contributed by atoms with Gasteiger partial charge in [-0.3, -0.25) is 4.79 Å². The van der Waals surface area contributed by atoms with Gasteiger partial charge in [0.05, 0.1) is 13.1 Å². The number of carboxylic acid groups (broad SMARTS) is 1. The predicted octanol–water partition coefficient (Wildman–Crippen LogP) is 1.43. The zero-order chi connectivity index (χ0) is 15.2. The van der Waals surface area contributed by atoms with Crippen LogP contribution in [0.15, 0.2) is 35.8 Å². The maximum atomic E-state index is 12.1. The second kappa shape index (κ2) is 7.05. The maximum absolute atomic E-state index is 12.1. The molecule has 2 heterocycles. The van der Waals surface area contributed by atoms with Crippen molar-refractivity contribution < 1.29 is 19.4 Å². The van der Waals surface area contributed by atoms with E-state index in [0.29, 0.717) is 12.2 Å². The summed E-state index contributed by atoms with van der Waals surface area (Å²) < 4.78 is 6.60. The third-order valence-corrected chi connectivity index (χ3v) is 3.84. The van der Waals surface area contributed by atoms with E-state index < -0.39 is 12.1 Å². The van der Waals surface area contributed by atoms with E-state index in [0.717, 1.165) is 4.88 Å². The van der Waals surface area contributed by atoms with E-state index in [1.807, 2.05) is 28.3 Å². The van der Waals surface area contributed by atoms with E-state index >= 15 is 0 Å². The largest absolute Gasteiger partial charge is 0.479 e. The number of hydrogen-bond acceptors (Lipinski definition) is 4. The van der Waals surface area contributed by atoms with Crippen molar-refractivity contribution in [2.75, 3.05) is 13.7 Å². The van der Waals surface area contributed by atoms with Gasteiger partial charge in [-0.15, -0.1) is 11.3 Å². The molecule has 0 radical (unpaired) electrons. The molecule has 0 aromatic carbocycles. The highest BCUT2D eigenvalue weighted by molar-refractivity contribution is 7.09. The molecular formula is C14H16N2O4S. The molecule has 0 fully saturated rings. The van der Waals surface area contributed by atoms with Crippen LogP contribution in [0.3, 0.4) is 0 Å². The molecule has 0 bridgehead atoms. The SMILES string of the molecule is COC(CNC(=O)c1cccn1Cc1cccs1)C(=O)O. The number of carbonyl (C=O) groups excluding carboxylic acids is 1. The van der Waals surface area contributed by atoms with Crippen LogP contribution in [0.5, 0.6) is 0 Å². The highest BCUT2D eigenvalue weighted by Crippen LogP contribution is 2.13. The highest BCUT2D eigenvalue weighted by atomic mass is 32.1. The number of amides is 1. The van der Waals surface area contributed by atoms with Gasteiger partial charge in [0.1, 0.15) is 5.69 Å². The molecule has 0 aliphatic heterocycles. The summed E-state index contributed by atoms with van der Waals surface area (Å²) >= 11 is 1.62. The van der Waals surface area contributed by atoms with Crippen LogP contribution in [-0.2, 0) is 16.1 Å².